The zero-order valence-electron chi connectivity index (χ0n) is 11.8. The van der Waals surface area contributed by atoms with Crippen LogP contribution in [0.4, 0.5) is 11.6 Å². The normalized spacial score (nSPS) is 10.7. The maximum absolute atomic E-state index is 10.8. The highest BCUT2D eigenvalue weighted by Crippen LogP contribution is 2.33. The summed E-state index contributed by atoms with van der Waals surface area (Å²) in [6, 6.07) is 9.07. The van der Waals surface area contributed by atoms with Crippen molar-refractivity contribution in [1.29, 1.82) is 0 Å². The Morgan fingerprint density at radius 2 is 1.96 bits per heavy atom. The highest BCUT2D eigenvalue weighted by Gasteiger charge is 2.16. The number of furan rings is 1. The molecule has 2 aromatic heterocycles. The number of benzene rings is 1. The summed E-state index contributed by atoms with van der Waals surface area (Å²) in [7, 11) is 0. The molecular formula is C13H8N4O5S2. The van der Waals surface area contributed by atoms with Crippen molar-refractivity contribution < 1.29 is 14.3 Å². The molecule has 122 valence electrons. The topological polar surface area (TPSA) is 125 Å². The lowest BCUT2D eigenvalue weighted by Gasteiger charge is -1.98. The van der Waals surface area contributed by atoms with Gasteiger partial charge in [0.05, 0.1) is 11.0 Å². The van der Waals surface area contributed by atoms with Crippen molar-refractivity contribution >= 4 is 34.7 Å². The van der Waals surface area contributed by atoms with E-state index in [-0.39, 0.29) is 17.3 Å². The highest BCUT2D eigenvalue weighted by molar-refractivity contribution is 8.00. The van der Waals surface area contributed by atoms with Gasteiger partial charge in [-0.25, -0.2) is 0 Å². The fourth-order valence-corrected chi connectivity index (χ4v) is 3.57. The van der Waals surface area contributed by atoms with Crippen molar-refractivity contribution in [3.05, 3.63) is 62.2 Å². The van der Waals surface area contributed by atoms with E-state index in [0.717, 1.165) is 5.56 Å². The molecule has 0 saturated carbocycles. The van der Waals surface area contributed by atoms with E-state index in [9.17, 15) is 20.2 Å². The molecule has 0 aliphatic heterocycles. The monoisotopic (exact) mass is 364 g/mol. The van der Waals surface area contributed by atoms with Gasteiger partial charge >= 0.3 is 5.88 Å². The smallest absolute Gasteiger partial charge is 0.398 e. The van der Waals surface area contributed by atoms with Crippen LogP contribution in [0.3, 0.4) is 0 Å². The van der Waals surface area contributed by atoms with E-state index in [2.05, 4.69) is 10.2 Å². The minimum Gasteiger partial charge on any atom is -0.398 e. The van der Waals surface area contributed by atoms with Gasteiger partial charge in [0.25, 0.3) is 5.69 Å². The molecule has 0 fully saturated rings. The van der Waals surface area contributed by atoms with Gasteiger partial charge in [0, 0.05) is 17.9 Å². The molecule has 0 bridgehead atoms. The number of nitrogens with zero attached hydrogens (tertiary/aromatic N) is 4. The first-order chi connectivity index (χ1) is 11.5. The van der Waals surface area contributed by atoms with Gasteiger partial charge in [-0.1, -0.05) is 35.2 Å². The first-order valence-electron chi connectivity index (χ1n) is 6.47. The SMILES string of the molecule is O=[N+]([O-])c1cccc(CSc2nnc(-c3ccc([N+](=O)[O-])o3)s2)c1. The van der Waals surface area contributed by atoms with Gasteiger partial charge in [-0.05, 0) is 11.6 Å². The van der Waals surface area contributed by atoms with Crippen molar-refractivity contribution in [2.45, 2.75) is 10.1 Å². The van der Waals surface area contributed by atoms with Crippen molar-refractivity contribution in [3.8, 4) is 10.8 Å². The Labute approximate surface area is 142 Å². The van der Waals surface area contributed by atoms with Crippen LogP contribution in [0.15, 0.2) is 45.2 Å². The molecule has 1 aromatic carbocycles. The molecule has 0 atom stereocenters. The van der Waals surface area contributed by atoms with Crippen molar-refractivity contribution in [2.24, 2.45) is 0 Å². The quantitative estimate of drug-likeness (QED) is 0.366. The Bertz CT molecular complexity index is 907. The molecule has 0 aliphatic rings. The van der Waals surface area contributed by atoms with Crippen molar-refractivity contribution in [2.75, 3.05) is 0 Å². The van der Waals surface area contributed by atoms with Crippen molar-refractivity contribution in [3.63, 3.8) is 0 Å². The van der Waals surface area contributed by atoms with E-state index in [1.807, 2.05) is 0 Å². The third kappa shape index (κ3) is 3.58. The van der Waals surface area contributed by atoms with E-state index in [1.54, 1.807) is 12.1 Å². The molecular weight excluding hydrogens is 356 g/mol. The van der Waals surface area contributed by atoms with Crippen LogP contribution in [0.2, 0.25) is 0 Å². The van der Waals surface area contributed by atoms with Crippen LogP contribution in [0.5, 0.6) is 0 Å². The molecule has 3 aromatic rings. The molecule has 0 spiro atoms. The number of aromatic nitrogens is 2. The van der Waals surface area contributed by atoms with Crippen LogP contribution in [0.1, 0.15) is 5.56 Å². The van der Waals surface area contributed by atoms with Crippen LogP contribution in [-0.4, -0.2) is 20.0 Å². The summed E-state index contributed by atoms with van der Waals surface area (Å²) in [5, 5.41) is 29.7. The van der Waals surface area contributed by atoms with Crippen LogP contribution < -0.4 is 0 Å². The first kappa shape index (κ1) is 16.1. The summed E-state index contributed by atoms with van der Waals surface area (Å²) in [6.45, 7) is 0. The van der Waals surface area contributed by atoms with Gasteiger partial charge in [0.15, 0.2) is 15.1 Å². The number of hydrogen-bond donors (Lipinski definition) is 0. The molecule has 24 heavy (non-hydrogen) atoms. The Kier molecular flexibility index (Phi) is 4.53. The second-order valence-electron chi connectivity index (χ2n) is 4.48. The predicted molar refractivity (Wildman–Crippen MR) is 86.9 cm³/mol. The Morgan fingerprint density at radius 1 is 1.12 bits per heavy atom. The molecule has 0 unspecified atom stereocenters. The van der Waals surface area contributed by atoms with Crippen LogP contribution in [0.25, 0.3) is 10.8 Å². The first-order valence-corrected chi connectivity index (χ1v) is 8.27. The third-order valence-electron chi connectivity index (χ3n) is 2.87. The standard InChI is InChI=1S/C13H8N4O5S2/c18-16(19)9-3-1-2-8(6-9)7-23-13-15-14-12(24-13)10-4-5-11(22-10)17(20)21/h1-6H,7H2. The van der Waals surface area contributed by atoms with Gasteiger partial charge < -0.3 is 4.42 Å². The Balaban J connectivity index is 1.69. The maximum atomic E-state index is 10.8. The second-order valence-corrected chi connectivity index (χ2v) is 6.68. The Morgan fingerprint density at radius 3 is 2.67 bits per heavy atom. The zero-order valence-corrected chi connectivity index (χ0v) is 13.5. The molecule has 2 heterocycles. The molecule has 3 rings (SSSR count). The largest absolute Gasteiger partial charge is 0.433 e. The second kappa shape index (κ2) is 6.76. The molecule has 0 saturated heterocycles. The lowest BCUT2D eigenvalue weighted by molar-refractivity contribution is -0.401. The zero-order chi connectivity index (χ0) is 17.1. The number of rotatable bonds is 6. The molecule has 0 amide bonds. The fraction of sp³-hybridized carbons (Fsp3) is 0.0769. The van der Waals surface area contributed by atoms with Crippen LogP contribution in [-0.2, 0) is 5.75 Å². The molecule has 0 aliphatic carbocycles. The minimum absolute atomic E-state index is 0.0361. The molecule has 0 radical (unpaired) electrons. The van der Waals surface area contributed by atoms with E-state index in [1.165, 1.54) is 47.4 Å². The van der Waals surface area contributed by atoms with Gasteiger partial charge in [0.2, 0.25) is 0 Å². The minimum atomic E-state index is -0.623. The molecule has 9 nitrogen and oxygen atoms in total. The lowest BCUT2D eigenvalue weighted by atomic mass is 10.2. The molecule has 0 N–H and O–H groups in total. The van der Waals surface area contributed by atoms with Crippen LogP contribution in [0, 0.1) is 20.2 Å². The van der Waals surface area contributed by atoms with Gasteiger partial charge in [-0.2, -0.15) is 0 Å². The van der Waals surface area contributed by atoms with E-state index in [0.29, 0.717) is 15.1 Å². The fourth-order valence-electron chi connectivity index (χ4n) is 1.81. The van der Waals surface area contributed by atoms with Crippen molar-refractivity contribution in [1.82, 2.24) is 10.2 Å². The number of nitro groups is 2. The summed E-state index contributed by atoms with van der Waals surface area (Å²) in [5.41, 5.74) is 0.827. The highest BCUT2D eigenvalue weighted by atomic mass is 32.2. The predicted octanol–water partition coefficient (Wildman–Crippen LogP) is 3.91. The van der Waals surface area contributed by atoms with E-state index >= 15 is 0 Å². The lowest BCUT2D eigenvalue weighted by Crippen LogP contribution is -1.89. The third-order valence-corrected chi connectivity index (χ3v) is 5.01. The van der Waals surface area contributed by atoms with E-state index in [4.69, 9.17) is 4.42 Å². The van der Waals surface area contributed by atoms with E-state index < -0.39 is 9.85 Å². The summed E-state index contributed by atoms with van der Waals surface area (Å²) in [5.74, 6) is 0.418. The summed E-state index contributed by atoms with van der Waals surface area (Å²) in [4.78, 5) is 20.3. The average Bonchev–Trinajstić information content (AvgIpc) is 3.22. The van der Waals surface area contributed by atoms with Crippen LogP contribution >= 0.6 is 23.1 Å². The number of nitro benzene ring substituents is 1. The summed E-state index contributed by atoms with van der Waals surface area (Å²) >= 11 is 2.60. The van der Waals surface area contributed by atoms with Gasteiger partial charge in [-0.15, -0.1) is 10.2 Å². The number of thioether (sulfide) groups is 1. The maximum Gasteiger partial charge on any atom is 0.433 e. The van der Waals surface area contributed by atoms with Gasteiger partial charge in [0.1, 0.15) is 4.92 Å². The summed E-state index contributed by atoms with van der Waals surface area (Å²) in [6.07, 6.45) is 0. The van der Waals surface area contributed by atoms with Gasteiger partial charge in [-0.3, -0.25) is 20.2 Å². The number of hydrogen-bond acceptors (Lipinski definition) is 9. The summed E-state index contributed by atoms with van der Waals surface area (Å²) < 4.78 is 5.71. The Hall–Kier alpha value is -2.79. The average molecular weight is 364 g/mol. The molecule has 11 heteroatoms. The number of non-ortho nitro benzene ring substituents is 1.